The normalized spacial score (nSPS) is 11.6. The zero-order chi connectivity index (χ0) is 13.8. The van der Waals surface area contributed by atoms with Crippen molar-refractivity contribution in [2.45, 2.75) is 12.8 Å². The summed E-state index contributed by atoms with van der Waals surface area (Å²) < 4.78 is 5.21. The molecule has 0 spiro atoms. The van der Waals surface area contributed by atoms with Gasteiger partial charge in [-0.05, 0) is 30.0 Å². The van der Waals surface area contributed by atoms with Crippen molar-refractivity contribution >= 4 is 17.1 Å². The van der Waals surface area contributed by atoms with Crippen LogP contribution in [0.2, 0.25) is 0 Å². The van der Waals surface area contributed by atoms with Crippen LogP contribution in [0.25, 0.3) is 0 Å². The predicted octanol–water partition coefficient (Wildman–Crippen LogP) is 3.56. The van der Waals surface area contributed by atoms with Gasteiger partial charge in [-0.3, -0.25) is 4.79 Å². The number of carbonyl (C=O) groups is 1. The number of rotatable bonds is 4. The van der Waals surface area contributed by atoms with Crippen molar-refractivity contribution in [2.75, 3.05) is 7.11 Å². The fourth-order valence-electron chi connectivity index (χ4n) is 1.85. The van der Waals surface area contributed by atoms with Crippen molar-refractivity contribution in [3.05, 3.63) is 51.7 Å². The Bertz CT molecular complexity index is 626. The van der Waals surface area contributed by atoms with Gasteiger partial charge in [-0.1, -0.05) is 18.2 Å². The lowest BCUT2D eigenvalue weighted by Crippen LogP contribution is -2.10. The van der Waals surface area contributed by atoms with Gasteiger partial charge in [-0.25, -0.2) is 0 Å². The van der Waals surface area contributed by atoms with Crippen molar-refractivity contribution in [1.82, 2.24) is 0 Å². The first kappa shape index (κ1) is 13.3. The van der Waals surface area contributed by atoms with Crippen molar-refractivity contribution < 1.29 is 9.53 Å². The lowest BCUT2D eigenvalue weighted by atomic mass is 9.96. The summed E-state index contributed by atoms with van der Waals surface area (Å²) in [5.74, 6) is -0.274. The average molecular weight is 271 g/mol. The second-order valence-electron chi connectivity index (χ2n) is 4.13. The van der Waals surface area contributed by atoms with Crippen LogP contribution in [0.15, 0.2) is 35.7 Å². The van der Waals surface area contributed by atoms with Crippen LogP contribution in [0.5, 0.6) is 5.75 Å². The Labute approximate surface area is 116 Å². The Balaban J connectivity index is 2.36. The third-order valence-corrected chi connectivity index (χ3v) is 3.85. The second kappa shape index (κ2) is 5.68. The molecule has 1 atom stereocenters. The van der Waals surface area contributed by atoms with Crippen LogP contribution >= 0.6 is 11.3 Å². The zero-order valence-electron chi connectivity index (χ0n) is 10.7. The number of nitriles is 1. The Kier molecular flexibility index (Phi) is 3.98. The van der Waals surface area contributed by atoms with E-state index in [0.717, 1.165) is 10.4 Å². The van der Waals surface area contributed by atoms with Gasteiger partial charge in [0.25, 0.3) is 0 Å². The number of ether oxygens (including phenoxy) is 1. The number of thiophene rings is 1. The van der Waals surface area contributed by atoms with Crippen molar-refractivity contribution in [3.63, 3.8) is 0 Å². The molecule has 3 nitrogen and oxygen atoms in total. The number of hydrogen-bond donors (Lipinski definition) is 0. The van der Waals surface area contributed by atoms with Gasteiger partial charge in [0.2, 0.25) is 0 Å². The molecule has 2 rings (SSSR count). The maximum Gasteiger partial charge on any atom is 0.185 e. The topological polar surface area (TPSA) is 50.1 Å². The van der Waals surface area contributed by atoms with Gasteiger partial charge in [0.15, 0.2) is 5.78 Å². The molecule has 1 heterocycles. The Morgan fingerprint density at radius 2 is 2.21 bits per heavy atom. The fourth-order valence-corrected chi connectivity index (χ4v) is 2.61. The highest BCUT2D eigenvalue weighted by molar-refractivity contribution is 7.10. The molecule has 0 bridgehead atoms. The molecule has 0 N–H and O–H groups in total. The summed E-state index contributed by atoms with van der Waals surface area (Å²) in [5.41, 5.74) is 1.46. The lowest BCUT2D eigenvalue weighted by molar-refractivity contribution is 0.0979. The van der Waals surface area contributed by atoms with Crippen LogP contribution in [-0.4, -0.2) is 12.9 Å². The molecule has 0 saturated carbocycles. The maximum atomic E-state index is 12.4. The smallest absolute Gasteiger partial charge is 0.185 e. The van der Waals surface area contributed by atoms with Crippen molar-refractivity contribution in [2.24, 2.45) is 0 Å². The molecule has 4 heteroatoms. The molecular weight excluding hydrogens is 258 g/mol. The van der Waals surface area contributed by atoms with E-state index in [9.17, 15) is 10.1 Å². The number of nitrogens with zero attached hydrogens (tertiary/aromatic N) is 1. The van der Waals surface area contributed by atoms with Gasteiger partial charge in [0.05, 0.1) is 13.2 Å². The van der Waals surface area contributed by atoms with E-state index in [1.807, 2.05) is 30.5 Å². The Morgan fingerprint density at radius 1 is 1.42 bits per heavy atom. The molecule has 0 aliphatic carbocycles. The van der Waals surface area contributed by atoms with E-state index in [2.05, 4.69) is 6.07 Å². The molecule has 0 fully saturated rings. The van der Waals surface area contributed by atoms with Crippen molar-refractivity contribution in [1.29, 1.82) is 5.26 Å². The monoisotopic (exact) mass is 271 g/mol. The third kappa shape index (κ3) is 2.67. The van der Waals surface area contributed by atoms with Crippen LogP contribution < -0.4 is 4.74 Å². The molecule has 0 saturated heterocycles. The maximum absolute atomic E-state index is 12.4. The lowest BCUT2D eigenvalue weighted by Gasteiger charge is -2.09. The number of Topliss-reactive ketones (excluding diaryl/α,β-unsaturated/α-hetero) is 1. The molecule has 0 aliphatic heterocycles. The van der Waals surface area contributed by atoms with E-state index in [-0.39, 0.29) is 5.78 Å². The predicted molar refractivity (Wildman–Crippen MR) is 74.7 cm³/mol. The zero-order valence-corrected chi connectivity index (χ0v) is 11.5. The van der Waals surface area contributed by atoms with Crippen LogP contribution in [0, 0.1) is 18.3 Å². The summed E-state index contributed by atoms with van der Waals surface area (Å²) in [6.45, 7) is 1.91. The highest BCUT2D eigenvalue weighted by Crippen LogP contribution is 2.27. The van der Waals surface area contributed by atoms with E-state index >= 15 is 0 Å². The van der Waals surface area contributed by atoms with Crippen molar-refractivity contribution in [3.8, 4) is 11.8 Å². The number of ketones is 1. The summed E-state index contributed by atoms with van der Waals surface area (Å²) in [6, 6.07) is 11.0. The molecule has 2 aromatic rings. The first-order valence-corrected chi connectivity index (χ1v) is 6.67. The Morgan fingerprint density at radius 3 is 2.79 bits per heavy atom. The minimum Gasteiger partial charge on any atom is -0.496 e. The Hall–Kier alpha value is -2.12. The number of hydrogen-bond acceptors (Lipinski definition) is 4. The van der Waals surface area contributed by atoms with Crippen LogP contribution in [0.1, 0.15) is 26.7 Å². The summed E-state index contributed by atoms with van der Waals surface area (Å²) in [4.78, 5) is 13.2. The molecule has 1 unspecified atom stereocenters. The molecule has 1 aromatic heterocycles. The minimum atomic E-state index is -0.743. The number of benzene rings is 1. The minimum absolute atomic E-state index is 0.191. The molecular formula is C15H13NO2S. The van der Waals surface area contributed by atoms with Gasteiger partial charge < -0.3 is 4.74 Å². The van der Waals surface area contributed by atoms with Crippen LogP contribution in [-0.2, 0) is 0 Å². The van der Waals surface area contributed by atoms with E-state index in [1.165, 1.54) is 11.3 Å². The van der Waals surface area contributed by atoms with Crippen LogP contribution in [0.4, 0.5) is 0 Å². The first-order chi connectivity index (χ1) is 9.17. The van der Waals surface area contributed by atoms with Crippen LogP contribution in [0.3, 0.4) is 0 Å². The largest absolute Gasteiger partial charge is 0.496 e. The highest BCUT2D eigenvalue weighted by atomic mass is 32.1. The summed E-state index contributed by atoms with van der Waals surface area (Å²) in [6.07, 6.45) is 0. The quantitative estimate of drug-likeness (QED) is 0.799. The van der Waals surface area contributed by atoms with Gasteiger partial charge in [-0.2, -0.15) is 5.26 Å². The van der Waals surface area contributed by atoms with E-state index < -0.39 is 5.92 Å². The van der Waals surface area contributed by atoms with Gasteiger partial charge in [0.1, 0.15) is 11.7 Å². The standard InChI is InChI=1S/C15H13NO2S/c1-10-5-6-11(8-13(10)18-2)15(17)12(9-16)14-4-3-7-19-14/h3-8,12H,1-2H3. The number of carbonyl (C=O) groups excluding carboxylic acids is 1. The summed E-state index contributed by atoms with van der Waals surface area (Å²) in [7, 11) is 1.57. The SMILES string of the molecule is COc1cc(C(=O)C(C#N)c2cccs2)ccc1C. The molecule has 0 amide bonds. The fraction of sp³-hybridized carbons (Fsp3) is 0.200. The first-order valence-electron chi connectivity index (χ1n) is 5.79. The number of methoxy groups -OCH3 is 1. The van der Waals surface area contributed by atoms with Gasteiger partial charge >= 0.3 is 0 Å². The van der Waals surface area contributed by atoms with Gasteiger partial charge in [0, 0.05) is 10.4 Å². The van der Waals surface area contributed by atoms with E-state index in [1.54, 1.807) is 19.2 Å². The second-order valence-corrected chi connectivity index (χ2v) is 5.11. The highest BCUT2D eigenvalue weighted by Gasteiger charge is 2.23. The molecule has 0 aliphatic rings. The summed E-state index contributed by atoms with van der Waals surface area (Å²) in [5, 5.41) is 11.1. The number of aryl methyl sites for hydroxylation is 1. The molecule has 19 heavy (non-hydrogen) atoms. The van der Waals surface area contributed by atoms with Gasteiger partial charge in [-0.15, -0.1) is 11.3 Å². The third-order valence-electron chi connectivity index (χ3n) is 2.91. The van der Waals surface area contributed by atoms with E-state index in [4.69, 9.17) is 4.74 Å². The molecule has 96 valence electrons. The van der Waals surface area contributed by atoms with E-state index in [0.29, 0.717) is 11.3 Å². The summed E-state index contributed by atoms with van der Waals surface area (Å²) >= 11 is 1.42. The molecule has 0 radical (unpaired) electrons. The molecule has 1 aromatic carbocycles. The average Bonchev–Trinajstić information content (AvgIpc) is 2.94.